The normalized spacial score (nSPS) is 26.2. The SMILES string of the molecule is O=[N+]([O-])c1ccccc1COC12C#C/C=C\C#CCOC1CCO2. The van der Waals surface area contributed by atoms with E-state index in [0.717, 1.165) is 0 Å². The van der Waals surface area contributed by atoms with Crippen LogP contribution in [0.5, 0.6) is 0 Å². The monoisotopic (exact) mass is 325 g/mol. The minimum atomic E-state index is -1.24. The molecule has 2 atom stereocenters. The van der Waals surface area contributed by atoms with Crippen molar-refractivity contribution in [3.63, 3.8) is 0 Å². The number of hydrogen-bond donors (Lipinski definition) is 0. The Bertz CT molecular complexity index is 780. The first-order valence-corrected chi connectivity index (χ1v) is 7.49. The zero-order valence-electron chi connectivity index (χ0n) is 12.9. The quantitative estimate of drug-likeness (QED) is 0.482. The number of para-hydroxylation sites is 1. The Morgan fingerprint density at radius 1 is 1.33 bits per heavy atom. The Morgan fingerprint density at radius 3 is 3.04 bits per heavy atom. The summed E-state index contributed by atoms with van der Waals surface area (Å²) in [6, 6.07) is 6.44. The van der Waals surface area contributed by atoms with Crippen molar-refractivity contribution >= 4 is 5.69 Å². The van der Waals surface area contributed by atoms with E-state index >= 15 is 0 Å². The lowest BCUT2D eigenvalue weighted by Crippen LogP contribution is -2.42. The van der Waals surface area contributed by atoms with Gasteiger partial charge in [0.15, 0.2) is 0 Å². The number of allylic oxidation sites excluding steroid dienone is 2. The molecule has 1 fully saturated rings. The van der Waals surface area contributed by atoms with Crippen LogP contribution in [0.15, 0.2) is 36.4 Å². The molecule has 2 unspecified atom stereocenters. The molecule has 1 aromatic carbocycles. The van der Waals surface area contributed by atoms with Crippen LogP contribution in [0, 0.1) is 33.8 Å². The molecule has 2 aliphatic heterocycles. The predicted octanol–water partition coefficient (Wildman–Crippen LogP) is 2.19. The van der Waals surface area contributed by atoms with Crippen molar-refractivity contribution in [3.8, 4) is 23.7 Å². The first-order chi connectivity index (χ1) is 11.7. The van der Waals surface area contributed by atoms with E-state index in [1.807, 2.05) is 0 Å². The summed E-state index contributed by atoms with van der Waals surface area (Å²) in [7, 11) is 0. The highest BCUT2D eigenvalue weighted by atomic mass is 16.7. The van der Waals surface area contributed by atoms with Gasteiger partial charge in [0.1, 0.15) is 12.7 Å². The Balaban J connectivity index is 1.84. The van der Waals surface area contributed by atoms with Gasteiger partial charge in [0.2, 0.25) is 0 Å². The van der Waals surface area contributed by atoms with Crippen molar-refractivity contribution < 1.29 is 19.1 Å². The highest BCUT2D eigenvalue weighted by Crippen LogP contribution is 2.32. The third kappa shape index (κ3) is 3.47. The summed E-state index contributed by atoms with van der Waals surface area (Å²) in [4.78, 5) is 10.7. The lowest BCUT2D eigenvalue weighted by atomic mass is 10.1. The summed E-state index contributed by atoms with van der Waals surface area (Å²) in [5, 5.41) is 11.1. The van der Waals surface area contributed by atoms with E-state index in [4.69, 9.17) is 14.2 Å². The molecule has 0 N–H and O–H groups in total. The summed E-state index contributed by atoms with van der Waals surface area (Å²) in [6.45, 7) is 0.686. The number of nitrogens with zero attached hydrogens (tertiary/aromatic N) is 1. The Hall–Kier alpha value is -2.64. The van der Waals surface area contributed by atoms with E-state index in [-0.39, 0.29) is 18.9 Å². The number of benzene rings is 1. The molecule has 0 radical (unpaired) electrons. The lowest BCUT2D eigenvalue weighted by Gasteiger charge is -2.28. The van der Waals surface area contributed by atoms with Crippen LogP contribution in [0.25, 0.3) is 0 Å². The van der Waals surface area contributed by atoms with Crippen LogP contribution in [0.2, 0.25) is 0 Å². The fourth-order valence-electron chi connectivity index (χ4n) is 2.55. The van der Waals surface area contributed by atoms with Gasteiger partial charge in [0.05, 0.1) is 23.7 Å². The third-order valence-corrected chi connectivity index (χ3v) is 3.71. The molecular weight excluding hydrogens is 310 g/mol. The largest absolute Gasteiger partial charge is 0.359 e. The van der Waals surface area contributed by atoms with Gasteiger partial charge in [0, 0.05) is 12.5 Å². The van der Waals surface area contributed by atoms with Crippen molar-refractivity contribution in [2.24, 2.45) is 0 Å². The summed E-state index contributed by atoms with van der Waals surface area (Å²) in [5.41, 5.74) is 0.461. The predicted molar refractivity (Wildman–Crippen MR) is 85.6 cm³/mol. The first kappa shape index (κ1) is 16.2. The highest BCUT2D eigenvalue weighted by Gasteiger charge is 2.46. The second-order valence-corrected chi connectivity index (χ2v) is 5.20. The van der Waals surface area contributed by atoms with Gasteiger partial charge in [-0.05, 0) is 24.1 Å². The summed E-state index contributed by atoms with van der Waals surface area (Å²) >= 11 is 0. The second-order valence-electron chi connectivity index (χ2n) is 5.20. The lowest BCUT2D eigenvalue weighted by molar-refractivity contribution is -0.386. The van der Waals surface area contributed by atoms with E-state index in [1.54, 1.807) is 30.4 Å². The van der Waals surface area contributed by atoms with Crippen molar-refractivity contribution in [1.82, 2.24) is 0 Å². The van der Waals surface area contributed by atoms with Gasteiger partial charge in [-0.15, -0.1) is 0 Å². The van der Waals surface area contributed by atoms with E-state index in [0.29, 0.717) is 18.6 Å². The molecule has 0 amide bonds. The third-order valence-electron chi connectivity index (χ3n) is 3.71. The Kier molecular flexibility index (Phi) is 4.93. The highest BCUT2D eigenvalue weighted by molar-refractivity contribution is 5.39. The molecule has 0 aliphatic carbocycles. The van der Waals surface area contributed by atoms with Crippen LogP contribution in [0.3, 0.4) is 0 Å². The number of hydrogen-bond acceptors (Lipinski definition) is 5. The van der Waals surface area contributed by atoms with Crippen LogP contribution >= 0.6 is 0 Å². The van der Waals surface area contributed by atoms with E-state index in [9.17, 15) is 10.1 Å². The van der Waals surface area contributed by atoms with Gasteiger partial charge in [-0.2, -0.15) is 0 Å². The van der Waals surface area contributed by atoms with Gasteiger partial charge in [-0.25, -0.2) is 0 Å². The molecule has 2 aliphatic rings. The molecule has 1 aromatic rings. The van der Waals surface area contributed by atoms with Crippen molar-refractivity contribution in [2.45, 2.75) is 24.9 Å². The smallest absolute Gasteiger partial charge is 0.274 e. The number of nitro benzene ring substituents is 1. The zero-order valence-corrected chi connectivity index (χ0v) is 12.9. The van der Waals surface area contributed by atoms with Crippen LogP contribution in [0.4, 0.5) is 5.69 Å². The minimum absolute atomic E-state index is 0.00108. The van der Waals surface area contributed by atoms with Crippen molar-refractivity contribution in [1.29, 1.82) is 0 Å². The molecule has 0 aromatic heterocycles. The maximum Gasteiger partial charge on any atom is 0.274 e. The Labute approximate surface area is 139 Å². The van der Waals surface area contributed by atoms with Gasteiger partial charge >= 0.3 is 0 Å². The van der Waals surface area contributed by atoms with Gasteiger partial charge in [0.25, 0.3) is 11.5 Å². The van der Waals surface area contributed by atoms with Crippen LogP contribution in [-0.4, -0.2) is 30.0 Å². The molecule has 0 bridgehead atoms. The maximum absolute atomic E-state index is 11.1. The topological polar surface area (TPSA) is 70.8 Å². The molecule has 24 heavy (non-hydrogen) atoms. The van der Waals surface area contributed by atoms with E-state index in [1.165, 1.54) is 6.07 Å². The fourth-order valence-corrected chi connectivity index (χ4v) is 2.55. The number of rotatable bonds is 4. The summed E-state index contributed by atoms with van der Waals surface area (Å²) < 4.78 is 17.3. The number of nitro groups is 1. The average Bonchev–Trinajstić information content (AvgIpc) is 2.99. The number of fused-ring (bicyclic) bond motifs is 1. The molecule has 0 spiro atoms. The molecule has 122 valence electrons. The zero-order chi connectivity index (χ0) is 16.8. The van der Waals surface area contributed by atoms with Crippen molar-refractivity contribution in [2.75, 3.05) is 13.2 Å². The molecule has 6 nitrogen and oxygen atoms in total. The average molecular weight is 325 g/mol. The van der Waals surface area contributed by atoms with Crippen LogP contribution < -0.4 is 0 Å². The van der Waals surface area contributed by atoms with E-state index in [2.05, 4.69) is 23.7 Å². The van der Waals surface area contributed by atoms with Gasteiger partial charge in [-0.3, -0.25) is 10.1 Å². The minimum Gasteiger partial charge on any atom is -0.359 e. The van der Waals surface area contributed by atoms with Gasteiger partial charge < -0.3 is 14.2 Å². The maximum atomic E-state index is 11.1. The first-order valence-electron chi connectivity index (χ1n) is 7.49. The number of ether oxygens (including phenoxy) is 3. The molecule has 2 heterocycles. The molecule has 1 saturated heterocycles. The standard InChI is InChI=1S/C18H15NO5/c20-19(21)16-9-5-4-8-15(16)14-24-18-11-6-2-1-3-7-12-22-17(18)10-13-23-18/h1-2,4-5,8-9,17H,10,12-14H2/b2-1-. The van der Waals surface area contributed by atoms with Crippen molar-refractivity contribution in [3.05, 3.63) is 52.1 Å². The fraction of sp³-hybridized carbons (Fsp3) is 0.333. The molecule has 6 heteroatoms. The summed E-state index contributed by atoms with van der Waals surface area (Å²) in [5.74, 6) is 10.2. The second kappa shape index (κ2) is 7.29. The van der Waals surface area contributed by atoms with Gasteiger partial charge in [-0.1, -0.05) is 29.9 Å². The molecule has 0 saturated carbocycles. The molecule has 3 rings (SSSR count). The summed E-state index contributed by atoms with van der Waals surface area (Å²) in [6.07, 6.45) is 3.47. The van der Waals surface area contributed by atoms with Crippen LogP contribution in [0.1, 0.15) is 12.0 Å². The van der Waals surface area contributed by atoms with E-state index < -0.39 is 16.8 Å². The Morgan fingerprint density at radius 2 is 2.17 bits per heavy atom. The molecular formula is C18H15NO5. The van der Waals surface area contributed by atoms with Crippen LogP contribution in [-0.2, 0) is 20.8 Å².